The first-order chi connectivity index (χ1) is 16.6. The Morgan fingerprint density at radius 2 is 1.80 bits per heavy atom. The summed E-state index contributed by atoms with van der Waals surface area (Å²) in [6.45, 7) is 0.395. The molecule has 0 saturated carbocycles. The summed E-state index contributed by atoms with van der Waals surface area (Å²) >= 11 is 9.28. The number of H-pyrrole nitrogens is 1. The van der Waals surface area contributed by atoms with Crippen LogP contribution in [0, 0.1) is 0 Å². The number of fused-ring (bicyclic) bond motifs is 1. The van der Waals surface area contributed by atoms with E-state index >= 15 is 0 Å². The lowest BCUT2D eigenvalue weighted by molar-refractivity contribution is -0.667. The molecule has 0 atom stereocenters. The standard InChI is InChI=1S/C22H17BrClF3N4O4/c1-29-19(32)17-18(30(10-9-23)21(29)33)28-20(31(17)12-13-5-7-14(24)8-6-13)34-15-3-2-4-16(11-15)35-22(25,26)27/h2-8,11H,9-10,12H2,1H3/p+1. The molecular weight excluding hydrogens is 557 g/mol. The molecule has 0 bridgehead atoms. The Morgan fingerprint density at radius 3 is 2.46 bits per heavy atom. The van der Waals surface area contributed by atoms with Gasteiger partial charge in [-0.3, -0.25) is 13.9 Å². The Kier molecular flexibility index (Phi) is 6.95. The minimum absolute atomic E-state index is 0.0226. The van der Waals surface area contributed by atoms with Gasteiger partial charge in [0.05, 0.1) is 0 Å². The van der Waals surface area contributed by atoms with Crippen LogP contribution in [0.5, 0.6) is 17.5 Å². The molecule has 35 heavy (non-hydrogen) atoms. The molecule has 0 unspecified atom stereocenters. The predicted octanol–water partition coefficient (Wildman–Crippen LogP) is 4.10. The van der Waals surface area contributed by atoms with Gasteiger partial charge in [0.15, 0.2) is 0 Å². The molecule has 0 amide bonds. The van der Waals surface area contributed by atoms with Gasteiger partial charge in [0.1, 0.15) is 18.0 Å². The van der Waals surface area contributed by atoms with Crippen LogP contribution in [0.4, 0.5) is 13.2 Å². The van der Waals surface area contributed by atoms with Crippen molar-refractivity contribution in [3.63, 3.8) is 0 Å². The maximum Gasteiger partial charge on any atom is 0.573 e. The van der Waals surface area contributed by atoms with Gasteiger partial charge in [-0.05, 0) is 29.8 Å². The molecule has 0 aliphatic rings. The van der Waals surface area contributed by atoms with Crippen molar-refractivity contribution in [2.45, 2.75) is 19.5 Å². The third-order valence-corrected chi connectivity index (χ3v) is 5.68. The molecule has 2 aromatic carbocycles. The molecule has 0 fully saturated rings. The van der Waals surface area contributed by atoms with E-state index in [2.05, 4.69) is 25.7 Å². The van der Waals surface area contributed by atoms with Crippen molar-refractivity contribution in [3.8, 4) is 17.5 Å². The van der Waals surface area contributed by atoms with Crippen LogP contribution in [-0.2, 0) is 20.1 Å². The highest BCUT2D eigenvalue weighted by molar-refractivity contribution is 9.09. The molecule has 1 N–H and O–H groups in total. The molecule has 184 valence electrons. The second-order valence-electron chi connectivity index (χ2n) is 7.45. The van der Waals surface area contributed by atoms with E-state index in [0.717, 1.165) is 22.3 Å². The number of aromatic amines is 1. The second-order valence-corrected chi connectivity index (χ2v) is 8.68. The van der Waals surface area contributed by atoms with Gasteiger partial charge in [0.2, 0.25) is 0 Å². The summed E-state index contributed by atoms with van der Waals surface area (Å²) in [4.78, 5) is 28.8. The monoisotopic (exact) mass is 573 g/mol. The predicted molar refractivity (Wildman–Crippen MR) is 126 cm³/mol. The topological polar surface area (TPSA) is 82.1 Å². The van der Waals surface area contributed by atoms with Gasteiger partial charge < -0.3 is 9.47 Å². The van der Waals surface area contributed by atoms with Gasteiger partial charge >= 0.3 is 23.6 Å². The molecule has 0 radical (unpaired) electrons. The zero-order valence-corrected chi connectivity index (χ0v) is 20.4. The molecule has 0 saturated heterocycles. The first kappa shape index (κ1) is 24.9. The van der Waals surface area contributed by atoms with E-state index < -0.39 is 23.4 Å². The van der Waals surface area contributed by atoms with Crippen LogP contribution in [0.3, 0.4) is 0 Å². The van der Waals surface area contributed by atoms with Gasteiger partial charge in [0, 0.05) is 30.0 Å². The molecule has 0 aliphatic carbocycles. The number of benzene rings is 2. The summed E-state index contributed by atoms with van der Waals surface area (Å²) in [7, 11) is 1.37. The van der Waals surface area contributed by atoms with E-state index in [1.165, 1.54) is 28.3 Å². The molecule has 0 aliphatic heterocycles. The average molecular weight is 575 g/mol. The van der Waals surface area contributed by atoms with Crippen LogP contribution in [-0.4, -0.2) is 25.8 Å². The molecule has 4 aromatic rings. The summed E-state index contributed by atoms with van der Waals surface area (Å²) in [5, 5.41) is 0.960. The van der Waals surface area contributed by atoms with Crippen molar-refractivity contribution in [3.05, 3.63) is 80.0 Å². The molecule has 13 heteroatoms. The molecular formula is C22H18BrClF3N4O4+. The summed E-state index contributed by atoms with van der Waals surface area (Å²) < 4.78 is 51.7. The normalized spacial score (nSPS) is 11.7. The smallest absolute Gasteiger partial charge is 0.406 e. The Morgan fingerprint density at radius 1 is 1.11 bits per heavy atom. The summed E-state index contributed by atoms with van der Waals surface area (Å²) in [6, 6.07) is 11.9. The van der Waals surface area contributed by atoms with E-state index in [-0.39, 0.29) is 36.0 Å². The van der Waals surface area contributed by atoms with Gasteiger partial charge in [-0.25, -0.2) is 4.79 Å². The van der Waals surface area contributed by atoms with Gasteiger partial charge in [-0.2, -0.15) is 9.55 Å². The van der Waals surface area contributed by atoms with Crippen LogP contribution >= 0.6 is 27.5 Å². The largest absolute Gasteiger partial charge is 0.573 e. The number of hydrogen-bond acceptors (Lipinski definition) is 4. The van der Waals surface area contributed by atoms with Crippen LogP contribution in [0.1, 0.15) is 5.56 Å². The fraction of sp³-hybridized carbons (Fsp3) is 0.227. The van der Waals surface area contributed by atoms with Gasteiger partial charge in [-0.15, -0.1) is 13.2 Å². The zero-order chi connectivity index (χ0) is 25.3. The molecule has 0 spiro atoms. The van der Waals surface area contributed by atoms with Crippen molar-refractivity contribution >= 4 is 38.7 Å². The second kappa shape index (κ2) is 9.78. The maximum atomic E-state index is 13.1. The van der Waals surface area contributed by atoms with E-state index in [1.54, 1.807) is 24.3 Å². The van der Waals surface area contributed by atoms with Crippen LogP contribution < -0.4 is 25.3 Å². The maximum absolute atomic E-state index is 13.1. The minimum atomic E-state index is -4.87. The third kappa shape index (κ3) is 5.38. The molecule has 2 heterocycles. The van der Waals surface area contributed by atoms with E-state index in [0.29, 0.717) is 10.4 Å². The van der Waals surface area contributed by atoms with Crippen LogP contribution in [0.2, 0.25) is 5.02 Å². The number of nitrogens with zero attached hydrogens (tertiary/aromatic N) is 3. The Bertz CT molecular complexity index is 1500. The number of rotatable bonds is 7. The van der Waals surface area contributed by atoms with E-state index in [9.17, 15) is 22.8 Å². The number of nitrogens with one attached hydrogen (secondary N) is 1. The molecule has 8 nitrogen and oxygen atoms in total. The number of halogens is 5. The van der Waals surface area contributed by atoms with Crippen LogP contribution in [0.15, 0.2) is 58.1 Å². The first-order valence-electron chi connectivity index (χ1n) is 10.2. The van der Waals surface area contributed by atoms with Crippen molar-refractivity contribution in [2.75, 3.05) is 5.33 Å². The van der Waals surface area contributed by atoms with E-state index in [4.69, 9.17) is 16.3 Å². The number of aromatic nitrogens is 4. The van der Waals surface area contributed by atoms with Crippen molar-refractivity contribution < 1.29 is 27.2 Å². The summed E-state index contributed by atoms with van der Waals surface area (Å²) in [5.41, 5.74) is 0.0310. The molecule has 4 rings (SSSR count). The lowest BCUT2D eigenvalue weighted by atomic mass is 10.2. The minimum Gasteiger partial charge on any atom is -0.406 e. The number of imidazole rings is 1. The molecule has 2 aromatic heterocycles. The Balaban J connectivity index is 1.89. The summed E-state index contributed by atoms with van der Waals surface area (Å²) in [5.74, 6) is -0.447. The van der Waals surface area contributed by atoms with E-state index in [1.807, 2.05) is 0 Å². The van der Waals surface area contributed by atoms with Gasteiger partial charge in [-0.1, -0.05) is 45.7 Å². The van der Waals surface area contributed by atoms with Crippen molar-refractivity contribution in [1.29, 1.82) is 0 Å². The van der Waals surface area contributed by atoms with Crippen molar-refractivity contribution in [2.24, 2.45) is 7.05 Å². The third-order valence-electron chi connectivity index (χ3n) is 5.08. The highest BCUT2D eigenvalue weighted by atomic mass is 79.9. The number of alkyl halides is 4. The lowest BCUT2D eigenvalue weighted by Gasteiger charge is -2.09. The fourth-order valence-corrected chi connectivity index (χ4v) is 4.01. The lowest BCUT2D eigenvalue weighted by Crippen LogP contribution is -2.44. The Hall–Kier alpha value is -3.25. The fourth-order valence-electron chi connectivity index (χ4n) is 3.53. The highest BCUT2D eigenvalue weighted by Gasteiger charge is 2.32. The van der Waals surface area contributed by atoms with Gasteiger partial charge in [0.25, 0.3) is 11.2 Å². The number of ether oxygens (including phenoxy) is 2. The Labute approximate surface area is 209 Å². The first-order valence-corrected chi connectivity index (χ1v) is 11.7. The number of hydrogen-bond donors (Lipinski definition) is 1. The quantitative estimate of drug-likeness (QED) is 0.266. The SMILES string of the molecule is Cn1c(=O)c2c([nH]c(Oc3cccc(OC(F)(F)F)c3)[n+]2Cc2ccc(Cl)cc2)n(CCBr)c1=O. The van der Waals surface area contributed by atoms with Crippen molar-refractivity contribution in [1.82, 2.24) is 14.1 Å². The highest BCUT2D eigenvalue weighted by Crippen LogP contribution is 2.28. The zero-order valence-electron chi connectivity index (χ0n) is 18.1. The average Bonchev–Trinajstić information content (AvgIpc) is 3.13. The summed E-state index contributed by atoms with van der Waals surface area (Å²) in [6.07, 6.45) is -4.87. The number of aryl methyl sites for hydroxylation is 1. The van der Waals surface area contributed by atoms with Crippen LogP contribution in [0.25, 0.3) is 11.2 Å².